The van der Waals surface area contributed by atoms with Crippen LogP contribution in [0, 0.1) is 5.82 Å². The fourth-order valence-corrected chi connectivity index (χ4v) is 3.24. The number of benzene rings is 2. The van der Waals surface area contributed by atoms with Crippen LogP contribution in [0.1, 0.15) is 12.5 Å². The number of rotatable bonds is 4. The van der Waals surface area contributed by atoms with Gasteiger partial charge in [-0.15, -0.1) is 0 Å². The number of hydrogen-bond donors (Lipinski definition) is 1. The van der Waals surface area contributed by atoms with Gasteiger partial charge in [0.05, 0.1) is 5.69 Å². The first-order valence-corrected chi connectivity index (χ1v) is 8.21. The first-order valence-electron chi connectivity index (χ1n) is 8.21. The number of piperazine rings is 1. The van der Waals surface area contributed by atoms with Gasteiger partial charge in [0.1, 0.15) is 5.82 Å². The summed E-state index contributed by atoms with van der Waals surface area (Å²) < 4.78 is 13.9. The van der Waals surface area contributed by atoms with Crippen LogP contribution in [0.15, 0.2) is 48.5 Å². The number of halogens is 1. The Morgan fingerprint density at radius 1 is 1.00 bits per heavy atom. The maximum absolute atomic E-state index is 13.9. The van der Waals surface area contributed by atoms with E-state index in [4.69, 9.17) is 5.73 Å². The minimum Gasteiger partial charge on any atom is -0.399 e. The molecule has 2 aromatic rings. The molecule has 2 aromatic carbocycles. The lowest BCUT2D eigenvalue weighted by Gasteiger charge is -2.39. The lowest BCUT2D eigenvalue weighted by atomic mass is 10.0. The summed E-state index contributed by atoms with van der Waals surface area (Å²) in [6.45, 7) is 5.92. The van der Waals surface area contributed by atoms with Gasteiger partial charge in [-0.25, -0.2) is 4.39 Å². The van der Waals surface area contributed by atoms with Gasteiger partial charge in [-0.2, -0.15) is 0 Å². The number of anilines is 2. The molecular formula is C19H24FN3. The second-order valence-electron chi connectivity index (χ2n) is 6.27. The molecule has 3 nitrogen and oxygen atoms in total. The molecule has 1 atom stereocenters. The van der Waals surface area contributed by atoms with Crippen molar-refractivity contribution in [2.75, 3.05) is 36.8 Å². The Morgan fingerprint density at radius 2 is 1.65 bits per heavy atom. The van der Waals surface area contributed by atoms with Gasteiger partial charge in [-0.3, -0.25) is 4.90 Å². The van der Waals surface area contributed by atoms with Crippen LogP contribution in [0.4, 0.5) is 15.8 Å². The van der Waals surface area contributed by atoms with Crippen molar-refractivity contribution in [3.8, 4) is 0 Å². The Kier molecular flexibility index (Phi) is 4.82. The Labute approximate surface area is 137 Å². The summed E-state index contributed by atoms with van der Waals surface area (Å²) in [5.41, 5.74) is 8.57. The molecule has 0 bridgehead atoms. The summed E-state index contributed by atoms with van der Waals surface area (Å²) in [4.78, 5) is 4.62. The maximum Gasteiger partial charge on any atom is 0.146 e. The van der Waals surface area contributed by atoms with Crippen LogP contribution < -0.4 is 10.6 Å². The zero-order valence-corrected chi connectivity index (χ0v) is 13.6. The Balaban J connectivity index is 1.56. The molecule has 1 aliphatic rings. The summed E-state index contributed by atoms with van der Waals surface area (Å²) in [7, 11) is 0. The van der Waals surface area contributed by atoms with Gasteiger partial charge in [0, 0.05) is 37.9 Å². The lowest BCUT2D eigenvalue weighted by Crippen LogP contribution is -2.50. The Hall–Kier alpha value is -2.07. The molecule has 0 aliphatic carbocycles. The first kappa shape index (κ1) is 15.8. The van der Waals surface area contributed by atoms with E-state index in [1.807, 2.05) is 24.3 Å². The summed E-state index contributed by atoms with van der Waals surface area (Å²) in [6, 6.07) is 15.6. The third-order valence-electron chi connectivity index (χ3n) is 4.64. The molecule has 1 unspecified atom stereocenters. The van der Waals surface area contributed by atoms with Gasteiger partial charge < -0.3 is 10.6 Å². The topological polar surface area (TPSA) is 32.5 Å². The third-order valence-corrected chi connectivity index (χ3v) is 4.64. The number of nitrogens with zero attached hydrogens (tertiary/aromatic N) is 2. The van der Waals surface area contributed by atoms with Gasteiger partial charge in [0.2, 0.25) is 0 Å². The monoisotopic (exact) mass is 313 g/mol. The zero-order valence-electron chi connectivity index (χ0n) is 13.6. The Morgan fingerprint density at radius 3 is 2.30 bits per heavy atom. The Bertz CT molecular complexity index is 633. The predicted molar refractivity (Wildman–Crippen MR) is 94.2 cm³/mol. The molecular weight excluding hydrogens is 289 g/mol. The standard InChI is InChI=1S/C19H24FN3/c1-15(14-16-6-8-17(21)9-7-16)22-10-12-23(13-11-22)19-5-3-2-4-18(19)20/h2-9,15H,10-14,21H2,1H3. The summed E-state index contributed by atoms with van der Waals surface area (Å²) in [5, 5.41) is 0. The lowest BCUT2D eigenvalue weighted by molar-refractivity contribution is 0.195. The summed E-state index contributed by atoms with van der Waals surface area (Å²) in [6.07, 6.45) is 1.01. The van der Waals surface area contributed by atoms with Crippen molar-refractivity contribution in [2.24, 2.45) is 0 Å². The van der Waals surface area contributed by atoms with Crippen LogP contribution in [-0.4, -0.2) is 37.1 Å². The second-order valence-corrected chi connectivity index (χ2v) is 6.27. The molecule has 0 saturated carbocycles. The van der Waals surface area contributed by atoms with Crippen LogP contribution in [0.3, 0.4) is 0 Å². The van der Waals surface area contributed by atoms with E-state index in [1.54, 1.807) is 6.07 Å². The summed E-state index contributed by atoms with van der Waals surface area (Å²) in [5.74, 6) is -0.129. The van der Waals surface area contributed by atoms with E-state index in [0.717, 1.165) is 44.0 Å². The first-order chi connectivity index (χ1) is 11.1. The van der Waals surface area contributed by atoms with Gasteiger partial charge in [-0.1, -0.05) is 24.3 Å². The zero-order chi connectivity index (χ0) is 16.2. The highest BCUT2D eigenvalue weighted by atomic mass is 19.1. The van der Waals surface area contributed by atoms with Gasteiger partial charge in [0.25, 0.3) is 0 Å². The highest BCUT2D eigenvalue weighted by Gasteiger charge is 2.22. The van der Waals surface area contributed by atoms with Gasteiger partial charge in [-0.05, 0) is 43.2 Å². The molecule has 0 radical (unpaired) electrons. The van der Waals surface area contributed by atoms with E-state index in [0.29, 0.717) is 6.04 Å². The van der Waals surface area contributed by atoms with Crippen LogP contribution in [0.2, 0.25) is 0 Å². The molecule has 3 rings (SSSR count). The van der Waals surface area contributed by atoms with E-state index >= 15 is 0 Å². The van der Waals surface area contributed by atoms with Crippen molar-refractivity contribution in [3.05, 3.63) is 59.9 Å². The average Bonchev–Trinajstić information content (AvgIpc) is 2.57. The van der Waals surface area contributed by atoms with Crippen molar-refractivity contribution < 1.29 is 4.39 Å². The molecule has 0 amide bonds. The van der Waals surface area contributed by atoms with E-state index in [1.165, 1.54) is 11.6 Å². The number of para-hydroxylation sites is 1. The third kappa shape index (κ3) is 3.82. The highest BCUT2D eigenvalue weighted by Crippen LogP contribution is 2.21. The van der Waals surface area contributed by atoms with Gasteiger partial charge >= 0.3 is 0 Å². The molecule has 2 N–H and O–H groups in total. The number of nitrogens with two attached hydrogens (primary N) is 1. The second kappa shape index (κ2) is 7.01. The number of hydrogen-bond acceptors (Lipinski definition) is 3. The molecule has 0 aromatic heterocycles. The van der Waals surface area contributed by atoms with Crippen LogP contribution >= 0.6 is 0 Å². The molecule has 0 spiro atoms. The van der Waals surface area contributed by atoms with Crippen molar-refractivity contribution in [3.63, 3.8) is 0 Å². The normalized spacial score (nSPS) is 17.2. The molecule has 1 saturated heterocycles. The molecule has 1 aliphatic heterocycles. The maximum atomic E-state index is 13.9. The predicted octanol–water partition coefficient (Wildman–Crippen LogP) is 3.16. The van der Waals surface area contributed by atoms with Crippen LogP contribution in [0.5, 0.6) is 0 Å². The molecule has 1 fully saturated rings. The average molecular weight is 313 g/mol. The molecule has 23 heavy (non-hydrogen) atoms. The van der Waals surface area contributed by atoms with E-state index < -0.39 is 0 Å². The fraction of sp³-hybridized carbons (Fsp3) is 0.368. The van der Waals surface area contributed by atoms with Crippen LogP contribution in [0.25, 0.3) is 0 Å². The van der Waals surface area contributed by atoms with Crippen LogP contribution in [-0.2, 0) is 6.42 Å². The summed E-state index contributed by atoms with van der Waals surface area (Å²) >= 11 is 0. The molecule has 122 valence electrons. The van der Waals surface area contributed by atoms with Crippen molar-refractivity contribution in [1.29, 1.82) is 0 Å². The fourth-order valence-electron chi connectivity index (χ4n) is 3.24. The number of nitrogen functional groups attached to an aromatic ring is 1. The van der Waals surface area contributed by atoms with Gasteiger partial charge in [0.15, 0.2) is 0 Å². The SMILES string of the molecule is CC(Cc1ccc(N)cc1)N1CCN(c2ccccc2F)CC1. The van der Waals surface area contributed by atoms with E-state index in [-0.39, 0.29) is 5.82 Å². The van der Waals surface area contributed by atoms with Crippen molar-refractivity contribution in [1.82, 2.24) is 4.90 Å². The highest BCUT2D eigenvalue weighted by molar-refractivity contribution is 5.48. The molecule has 4 heteroatoms. The van der Waals surface area contributed by atoms with Crippen molar-refractivity contribution in [2.45, 2.75) is 19.4 Å². The molecule has 1 heterocycles. The van der Waals surface area contributed by atoms with Crippen molar-refractivity contribution >= 4 is 11.4 Å². The minimum absolute atomic E-state index is 0.129. The smallest absolute Gasteiger partial charge is 0.146 e. The minimum atomic E-state index is -0.129. The largest absolute Gasteiger partial charge is 0.399 e. The quantitative estimate of drug-likeness (QED) is 0.880. The van der Waals surface area contributed by atoms with E-state index in [9.17, 15) is 4.39 Å². The van der Waals surface area contributed by atoms with E-state index in [2.05, 4.69) is 28.9 Å².